The fourth-order valence-corrected chi connectivity index (χ4v) is 0. The van der Waals surface area contributed by atoms with Gasteiger partial charge in [0.1, 0.15) is 0 Å². The molecule has 0 saturated heterocycles. The molecule has 0 unspecified atom stereocenters. The average molecular weight is 226 g/mol. The van der Waals surface area contributed by atoms with Gasteiger partial charge in [-0.15, -0.1) is 0 Å². The van der Waals surface area contributed by atoms with Crippen LogP contribution in [-0.4, -0.2) is 34.9 Å². The van der Waals surface area contributed by atoms with Crippen molar-refractivity contribution in [2.24, 2.45) is 0 Å². The van der Waals surface area contributed by atoms with Crippen molar-refractivity contribution in [1.82, 2.24) is 0 Å². The molecule has 2 N–H and O–H groups in total. The van der Waals surface area contributed by atoms with Gasteiger partial charge in [-0.3, -0.25) is 9.11 Å². The minimum absolute atomic E-state index is 0. The molecule has 4 nitrogen and oxygen atoms in total. The van der Waals surface area contributed by atoms with Gasteiger partial charge in [-0.05, 0) is 0 Å². The zero-order valence-corrected chi connectivity index (χ0v) is 5.68. The quantitative estimate of drug-likeness (QED) is 0.380. The van der Waals surface area contributed by atoms with Crippen LogP contribution in [0.1, 0.15) is 0 Å². The average Bonchev–Trinajstić information content (AvgIpc) is 0.722. The van der Waals surface area contributed by atoms with Gasteiger partial charge >= 0.3 is 10.4 Å². The standard InChI is InChI=1S/Al.Cu.H2O4S.H2S.3H/c;;1-5(2,3)4;;;;/h;;(H2,1,2,3,4);1H2;;;. The summed E-state index contributed by atoms with van der Waals surface area (Å²) in [5.41, 5.74) is 0. The summed E-state index contributed by atoms with van der Waals surface area (Å²) in [6, 6.07) is 0. The minimum Gasteiger partial charge on any atom is -0.264 e. The Bertz CT molecular complexity index is 97.2. The molecule has 0 aromatic rings. The van der Waals surface area contributed by atoms with E-state index in [0.717, 1.165) is 0 Å². The fourth-order valence-electron chi connectivity index (χ4n) is 0. The molecule has 8 heteroatoms. The molecule has 0 amide bonds. The van der Waals surface area contributed by atoms with Crippen LogP contribution < -0.4 is 0 Å². The summed E-state index contributed by atoms with van der Waals surface area (Å²) < 4.78 is 31.6. The molecule has 0 aliphatic heterocycles. The second kappa shape index (κ2) is 8.27. The Morgan fingerprint density at radius 1 is 1.12 bits per heavy atom. The molecule has 0 fully saturated rings. The third-order valence-electron chi connectivity index (χ3n) is 0. The van der Waals surface area contributed by atoms with Gasteiger partial charge in [-0.2, -0.15) is 21.9 Å². The minimum atomic E-state index is -4.67. The molecule has 0 saturated carbocycles. The first-order chi connectivity index (χ1) is 2.00. The monoisotopic (exact) mass is 225 g/mol. The fraction of sp³-hybridized carbons (Fsp3) is 0. The third-order valence-corrected chi connectivity index (χ3v) is 0. The third kappa shape index (κ3) is 177. The van der Waals surface area contributed by atoms with Crippen LogP contribution in [0.3, 0.4) is 0 Å². The largest absolute Gasteiger partial charge is 0.394 e. The van der Waals surface area contributed by atoms with Gasteiger partial charge in [0, 0.05) is 17.1 Å². The summed E-state index contributed by atoms with van der Waals surface area (Å²) >= 11 is 0. The van der Waals surface area contributed by atoms with Crippen LogP contribution in [0.5, 0.6) is 0 Å². The van der Waals surface area contributed by atoms with E-state index in [4.69, 9.17) is 17.5 Å². The maximum atomic E-state index is 8.74. The Morgan fingerprint density at radius 2 is 1.12 bits per heavy atom. The van der Waals surface area contributed by atoms with Crippen molar-refractivity contribution < 1.29 is 34.6 Å². The SMILES string of the molecule is O=S(=O)(O)O.S.[AlH3].[Cu]. The molecular formula is H7AlCuO4S2. The van der Waals surface area contributed by atoms with Gasteiger partial charge in [0.05, 0.1) is 0 Å². The molecule has 8 heavy (non-hydrogen) atoms. The van der Waals surface area contributed by atoms with Gasteiger partial charge < -0.3 is 0 Å². The second-order valence-electron chi connectivity index (χ2n) is 0.448. The second-order valence-corrected chi connectivity index (χ2v) is 1.34. The van der Waals surface area contributed by atoms with E-state index in [-0.39, 0.29) is 47.9 Å². The Kier molecular flexibility index (Phi) is 23.6. The van der Waals surface area contributed by atoms with Gasteiger partial charge in [0.25, 0.3) is 0 Å². The summed E-state index contributed by atoms with van der Waals surface area (Å²) in [7, 11) is -4.67. The molecule has 1 radical (unpaired) electrons. The number of rotatable bonds is 0. The van der Waals surface area contributed by atoms with Crippen LogP contribution in [0.25, 0.3) is 0 Å². The van der Waals surface area contributed by atoms with Crippen molar-refractivity contribution in [3.63, 3.8) is 0 Å². The first-order valence-electron chi connectivity index (χ1n) is 0.698. The van der Waals surface area contributed by atoms with Crippen molar-refractivity contribution in [2.75, 3.05) is 0 Å². The van der Waals surface area contributed by atoms with Crippen LogP contribution in [-0.2, 0) is 27.5 Å². The molecule has 0 aromatic carbocycles. The zero-order valence-electron chi connectivity index (χ0n) is 2.92. The predicted octanol–water partition coefficient (Wildman–Crippen LogP) is -1.73. The van der Waals surface area contributed by atoms with Crippen LogP contribution in [0.15, 0.2) is 0 Å². The summed E-state index contributed by atoms with van der Waals surface area (Å²) in [4.78, 5) is 0. The topological polar surface area (TPSA) is 74.6 Å². The molecule has 0 atom stereocenters. The maximum Gasteiger partial charge on any atom is 0.394 e. The first kappa shape index (κ1) is 22.8. The smallest absolute Gasteiger partial charge is 0.264 e. The van der Waals surface area contributed by atoms with E-state index in [0.29, 0.717) is 0 Å². The van der Waals surface area contributed by atoms with E-state index in [9.17, 15) is 0 Å². The molecule has 0 aliphatic rings. The molecule has 0 heterocycles. The molecule has 0 aromatic heterocycles. The first-order valence-corrected chi connectivity index (χ1v) is 2.10. The molecule has 0 bridgehead atoms. The van der Waals surface area contributed by atoms with Crippen molar-refractivity contribution >= 4 is 41.3 Å². The zero-order chi connectivity index (χ0) is 4.50. The van der Waals surface area contributed by atoms with Gasteiger partial charge in [0.15, 0.2) is 17.4 Å². The Balaban J connectivity index is -0.0000000267. The molecule has 57 valence electrons. The van der Waals surface area contributed by atoms with Crippen LogP contribution in [0, 0.1) is 0 Å². The van der Waals surface area contributed by atoms with Gasteiger partial charge in [-0.25, -0.2) is 0 Å². The molecule has 0 rings (SSSR count). The van der Waals surface area contributed by atoms with E-state index >= 15 is 0 Å². The Morgan fingerprint density at radius 3 is 1.12 bits per heavy atom. The van der Waals surface area contributed by atoms with E-state index < -0.39 is 10.4 Å². The van der Waals surface area contributed by atoms with E-state index in [2.05, 4.69) is 0 Å². The van der Waals surface area contributed by atoms with Crippen molar-refractivity contribution in [1.29, 1.82) is 0 Å². The normalized spacial score (nSPS) is 7.25. The van der Waals surface area contributed by atoms with Crippen LogP contribution in [0.4, 0.5) is 0 Å². The number of hydrogen-bond donors (Lipinski definition) is 2. The summed E-state index contributed by atoms with van der Waals surface area (Å²) in [5.74, 6) is 0. The molecule has 0 spiro atoms. The van der Waals surface area contributed by atoms with Crippen LogP contribution in [0.2, 0.25) is 0 Å². The van der Waals surface area contributed by atoms with Crippen molar-refractivity contribution in [2.45, 2.75) is 0 Å². The predicted molar refractivity (Wildman–Crippen MR) is 34.5 cm³/mol. The van der Waals surface area contributed by atoms with E-state index in [1.54, 1.807) is 0 Å². The molecular weight excluding hydrogens is 219 g/mol. The van der Waals surface area contributed by atoms with E-state index in [1.807, 2.05) is 0 Å². The van der Waals surface area contributed by atoms with E-state index in [1.165, 1.54) is 0 Å². The number of hydrogen-bond acceptors (Lipinski definition) is 2. The van der Waals surface area contributed by atoms with Crippen molar-refractivity contribution in [3.05, 3.63) is 0 Å². The van der Waals surface area contributed by atoms with Gasteiger partial charge in [0.2, 0.25) is 0 Å². The van der Waals surface area contributed by atoms with Gasteiger partial charge in [-0.1, -0.05) is 0 Å². The van der Waals surface area contributed by atoms with Crippen LogP contribution >= 0.6 is 13.5 Å². The summed E-state index contributed by atoms with van der Waals surface area (Å²) in [6.07, 6.45) is 0. The molecule has 0 aliphatic carbocycles. The summed E-state index contributed by atoms with van der Waals surface area (Å²) in [6.45, 7) is 0. The maximum absolute atomic E-state index is 8.74. The van der Waals surface area contributed by atoms with Crippen molar-refractivity contribution in [3.8, 4) is 0 Å². The summed E-state index contributed by atoms with van der Waals surface area (Å²) in [5, 5.41) is 0. The Labute approximate surface area is 75.7 Å². The Hall–Kier alpha value is 1.27.